The van der Waals surface area contributed by atoms with Crippen LogP contribution in [0.25, 0.3) is 16.5 Å². The van der Waals surface area contributed by atoms with E-state index in [-0.39, 0.29) is 0 Å². The van der Waals surface area contributed by atoms with Gasteiger partial charge < -0.3 is 0 Å². The lowest BCUT2D eigenvalue weighted by Gasteiger charge is -2.14. The maximum Gasteiger partial charge on any atom is 0.137 e. The van der Waals surface area contributed by atoms with Crippen LogP contribution in [0, 0.1) is 0 Å². The van der Waals surface area contributed by atoms with Crippen molar-refractivity contribution in [2.75, 3.05) is 6.54 Å². The fourth-order valence-electron chi connectivity index (χ4n) is 2.13. The Balaban J connectivity index is 2.02. The van der Waals surface area contributed by atoms with Gasteiger partial charge in [0.05, 0.1) is 0 Å². The molecule has 1 aromatic rings. The lowest BCUT2D eigenvalue weighted by atomic mass is 9.89. The van der Waals surface area contributed by atoms with Gasteiger partial charge in [0.2, 0.25) is 0 Å². The number of hydrogen-bond donors (Lipinski definition) is 0. The molecule has 0 radical (unpaired) electrons. The van der Waals surface area contributed by atoms with Gasteiger partial charge in [0.15, 0.2) is 0 Å². The summed E-state index contributed by atoms with van der Waals surface area (Å²) in [7, 11) is 0. The van der Waals surface area contributed by atoms with E-state index in [9.17, 15) is 4.79 Å². The number of nitrogens with zero attached hydrogens (tertiary/aromatic N) is 3. The Morgan fingerprint density at radius 3 is 3.06 bits per heavy atom. The molecule has 1 aliphatic carbocycles. The number of ketones is 1. The Bertz CT molecular complexity index is 528. The summed E-state index contributed by atoms with van der Waals surface area (Å²) in [4.78, 5) is 14.0. The van der Waals surface area contributed by atoms with Gasteiger partial charge in [-0.2, -0.15) is 0 Å². The average Bonchev–Trinajstić information content (AvgIpc) is 2.38. The summed E-state index contributed by atoms with van der Waals surface area (Å²) in [6.45, 7) is 0.493. The Morgan fingerprint density at radius 2 is 2.22 bits per heavy atom. The maximum absolute atomic E-state index is 11.3. The molecule has 0 atom stereocenters. The molecule has 0 saturated heterocycles. The molecule has 1 aliphatic rings. The highest BCUT2D eigenvalue weighted by atomic mass is 16.1. The van der Waals surface area contributed by atoms with Gasteiger partial charge in [-0.1, -0.05) is 35.5 Å². The highest BCUT2D eigenvalue weighted by Gasteiger charge is 2.14. The molecule has 0 amide bonds. The van der Waals surface area contributed by atoms with E-state index in [1.54, 1.807) is 0 Å². The number of azide groups is 1. The molecule has 92 valence electrons. The molecule has 4 nitrogen and oxygen atoms in total. The van der Waals surface area contributed by atoms with Crippen LogP contribution in [-0.2, 0) is 17.6 Å². The van der Waals surface area contributed by atoms with E-state index in [0.717, 1.165) is 24.0 Å². The minimum atomic E-state index is 0.333. The van der Waals surface area contributed by atoms with Crippen LogP contribution in [0.5, 0.6) is 0 Å². The number of carbonyl (C=O) groups is 1. The SMILES string of the molecule is [N-]=[N+]=NCCC=Cc1ccc2c(c1)CCC(=O)C2. The minimum absolute atomic E-state index is 0.333. The van der Waals surface area contributed by atoms with E-state index >= 15 is 0 Å². The average molecular weight is 241 g/mol. The van der Waals surface area contributed by atoms with Crippen molar-refractivity contribution in [3.8, 4) is 0 Å². The topological polar surface area (TPSA) is 65.8 Å². The fraction of sp³-hybridized carbons (Fsp3) is 0.357. The number of Topliss-reactive ketones (excluding diaryl/α,β-unsaturated/α-hetero) is 1. The van der Waals surface area contributed by atoms with Gasteiger partial charge in [0.1, 0.15) is 5.78 Å². The molecule has 0 aromatic heterocycles. The van der Waals surface area contributed by atoms with Crippen molar-refractivity contribution in [2.45, 2.75) is 25.7 Å². The van der Waals surface area contributed by atoms with Crippen molar-refractivity contribution < 1.29 is 4.79 Å². The summed E-state index contributed by atoms with van der Waals surface area (Å²) < 4.78 is 0. The summed E-state index contributed by atoms with van der Waals surface area (Å²) in [6, 6.07) is 6.22. The first kappa shape index (κ1) is 12.4. The summed E-state index contributed by atoms with van der Waals surface area (Å²) in [5, 5.41) is 3.47. The van der Waals surface area contributed by atoms with Crippen LogP contribution in [0.2, 0.25) is 0 Å². The Hall–Kier alpha value is -2.06. The standard InChI is InChI=1S/C14H15N3O/c15-17-16-8-2-1-3-11-4-5-13-10-14(18)7-6-12(13)9-11/h1,3-5,9H,2,6-8,10H2. The molecule has 0 bridgehead atoms. The third-order valence-corrected chi connectivity index (χ3v) is 3.06. The molecule has 0 heterocycles. The molecule has 18 heavy (non-hydrogen) atoms. The summed E-state index contributed by atoms with van der Waals surface area (Å²) >= 11 is 0. The molecular weight excluding hydrogens is 226 g/mol. The van der Waals surface area contributed by atoms with E-state index in [1.165, 1.54) is 5.56 Å². The molecule has 4 heteroatoms. The molecule has 0 N–H and O–H groups in total. The van der Waals surface area contributed by atoms with Crippen LogP contribution in [-0.4, -0.2) is 12.3 Å². The first-order valence-corrected chi connectivity index (χ1v) is 6.10. The van der Waals surface area contributed by atoms with Crippen LogP contribution in [0.3, 0.4) is 0 Å². The number of hydrogen-bond acceptors (Lipinski definition) is 2. The van der Waals surface area contributed by atoms with Gasteiger partial charge in [-0.15, -0.1) is 0 Å². The molecular formula is C14H15N3O. The third-order valence-electron chi connectivity index (χ3n) is 3.06. The van der Waals surface area contributed by atoms with Gasteiger partial charge in [-0.25, -0.2) is 0 Å². The Labute approximate surface area is 106 Å². The molecule has 1 aromatic carbocycles. The van der Waals surface area contributed by atoms with Crippen LogP contribution in [0.4, 0.5) is 0 Å². The zero-order valence-corrected chi connectivity index (χ0v) is 10.2. The summed E-state index contributed by atoms with van der Waals surface area (Å²) in [5.74, 6) is 0.333. The zero-order valence-electron chi connectivity index (χ0n) is 10.2. The molecule has 0 unspecified atom stereocenters. The van der Waals surface area contributed by atoms with Crippen LogP contribution in [0.15, 0.2) is 29.4 Å². The van der Waals surface area contributed by atoms with E-state index < -0.39 is 0 Å². The molecule has 0 aliphatic heterocycles. The fourth-order valence-corrected chi connectivity index (χ4v) is 2.13. The van der Waals surface area contributed by atoms with E-state index in [4.69, 9.17) is 5.53 Å². The predicted molar refractivity (Wildman–Crippen MR) is 71.1 cm³/mol. The quantitative estimate of drug-likeness (QED) is 0.344. The van der Waals surface area contributed by atoms with Crippen LogP contribution >= 0.6 is 0 Å². The molecule has 0 fully saturated rings. The van der Waals surface area contributed by atoms with Crippen molar-refractivity contribution in [2.24, 2.45) is 5.11 Å². The van der Waals surface area contributed by atoms with Gasteiger partial charge >= 0.3 is 0 Å². The normalized spacial score (nSPS) is 14.3. The first-order valence-electron chi connectivity index (χ1n) is 6.10. The maximum atomic E-state index is 11.3. The van der Waals surface area contributed by atoms with E-state index in [0.29, 0.717) is 25.2 Å². The van der Waals surface area contributed by atoms with Crippen molar-refractivity contribution >= 4 is 11.9 Å². The van der Waals surface area contributed by atoms with Crippen LogP contribution < -0.4 is 0 Å². The summed E-state index contributed by atoms with van der Waals surface area (Å²) in [6.07, 6.45) is 6.88. The van der Waals surface area contributed by atoms with Gasteiger partial charge in [-0.05, 0) is 35.1 Å². The molecule has 0 saturated carbocycles. The van der Waals surface area contributed by atoms with Crippen molar-refractivity contribution in [1.29, 1.82) is 0 Å². The third kappa shape index (κ3) is 3.22. The second kappa shape index (κ2) is 6.03. The highest BCUT2D eigenvalue weighted by molar-refractivity contribution is 5.83. The predicted octanol–water partition coefficient (Wildman–Crippen LogP) is 3.46. The monoisotopic (exact) mass is 241 g/mol. The second-order valence-electron chi connectivity index (χ2n) is 4.39. The largest absolute Gasteiger partial charge is 0.299 e. The number of rotatable bonds is 4. The van der Waals surface area contributed by atoms with E-state index in [2.05, 4.69) is 16.1 Å². The number of fused-ring (bicyclic) bond motifs is 1. The number of carbonyl (C=O) groups excluding carboxylic acids is 1. The van der Waals surface area contributed by atoms with Crippen molar-refractivity contribution in [3.63, 3.8) is 0 Å². The highest BCUT2D eigenvalue weighted by Crippen LogP contribution is 2.21. The van der Waals surface area contributed by atoms with Gasteiger partial charge in [0, 0.05) is 24.3 Å². The Kier molecular flexibility index (Phi) is 4.15. The molecule has 0 spiro atoms. The number of aryl methyl sites for hydroxylation is 1. The Morgan fingerprint density at radius 1 is 1.33 bits per heavy atom. The molecule has 2 rings (SSSR count). The lowest BCUT2D eigenvalue weighted by Crippen LogP contribution is -2.13. The zero-order chi connectivity index (χ0) is 12.8. The second-order valence-corrected chi connectivity index (χ2v) is 4.39. The first-order chi connectivity index (χ1) is 8.79. The summed E-state index contributed by atoms with van der Waals surface area (Å²) in [5.41, 5.74) is 11.7. The van der Waals surface area contributed by atoms with E-state index in [1.807, 2.05) is 24.3 Å². The minimum Gasteiger partial charge on any atom is -0.299 e. The van der Waals surface area contributed by atoms with Gasteiger partial charge in [-0.3, -0.25) is 4.79 Å². The number of benzene rings is 1. The van der Waals surface area contributed by atoms with Crippen molar-refractivity contribution in [1.82, 2.24) is 0 Å². The van der Waals surface area contributed by atoms with Crippen molar-refractivity contribution in [3.05, 3.63) is 51.4 Å². The lowest BCUT2D eigenvalue weighted by molar-refractivity contribution is -0.118. The van der Waals surface area contributed by atoms with Gasteiger partial charge in [0.25, 0.3) is 0 Å². The smallest absolute Gasteiger partial charge is 0.137 e. The van der Waals surface area contributed by atoms with Crippen LogP contribution in [0.1, 0.15) is 29.5 Å².